The van der Waals surface area contributed by atoms with Gasteiger partial charge in [0.05, 0.1) is 5.69 Å². The molecule has 1 aromatic carbocycles. The van der Waals surface area contributed by atoms with Gasteiger partial charge in [-0.3, -0.25) is 4.79 Å². The average Bonchev–Trinajstić information content (AvgIpc) is 2.97. The molecule has 1 aromatic heterocycles. The topological polar surface area (TPSA) is 67.2 Å². The van der Waals surface area contributed by atoms with Crippen molar-refractivity contribution in [3.05, 3.63) is 48.0 Å². The predicted molar refractivity (Wildman–Crippen MR) is 76.8 cm³/mol. The van der Waals surface area contributed by atoms with Crippen LogP contribution in [0, 0.1) is 5.82 Å². The molecule has 0 fully saturated rings. The number of benzene rings is 1. The summed E-state index contributed by atoms with van der Waals surface area (Å²) in [6.07, 6.45) is 2.90. The number of aliphatic hydroxyl groups excluding tert-OH is 1. The number of nitrogens with one attached hydrogen (secondary N) is 1. The molecule has 0 aliphatic rings. The number of hydrogen-bond donors (Lipinski definition) is 2. The van der Waals surface area contributed by atoms with Gasteiger partial charge in [-0.05, 0) is 43.2 Å². The maximum atomic E-state index is 12.9. The van der Waals surface area contributed by atoms with Crippen molar-refractivity contribution in [3.8, 4) is 5.69 Å². The number of hydrogen-bond acceptors (Lipinski definition) is 3. The van der Waals surface area contributed by atoms with E-state index in [0.717, 1.165) is 6.42 Å². The quantitative estimate of drug-likeness (QED) is 0.854. The Morgan fingerprint density at radius 2 is 2.10 bits per heavy atom. The maximum absolute atomic E-state index is 12.9. The number of aliphatic hydroxyl groups is 1. The first kappa shape index (κ1) is 15.2. The first-order chi connectivity index (χ1) is 10.1. The Hall–Kier alpha value is -2.21. The van der Waals surface area contributed by atoms with E-state index in [0.29, 0.717) is 12.1 Å². The molecule has 0 aliphatic carbocycles. The lowest BCUT2D eigenvalue weighted by Crippen LogP contribution is -2.35. The monoisotopic (exact) mass is 291 g/mol. The molecule has 2 N–H and O–H groups in total. The Balaban J connectivity index is 2.08. The highest BCUT2D eigenvalue weighted by molar-refractivity contribution is 5.92. The summed E-state index contributed by atoms with van der Waals surface area (Å²) in [4.78, 5) is 12.1. The van der Waals surface area contributed by atoms with Crippen LogP contribution < -0.4 is 5.32 Å². The number of carbonyl (C=O) groups excluding carboxylic acids is 1. The van der Waals surface area contributed by atoms with Crippen molar-refractivity contribution in [1.29, 1.82) is 0 Å². The van der Waals surface area contributed by atoms with Crippen LogP contribution in [0.3, 0.4) is 0 Å². The van der Waals surface area contributed by atoms with E-state index in [4.69, 9.17) is 5.11 Å². The molecule has 112 valence electrons. The number of carbonyl (C=O) groups is 1. The summed E-state index contributed by atoms with van der Waals surface area (Å²) in [6.45, 7) is 1.97. The summed E-state index contributed by atoms with van der Waals surface area (Å²) < 4.78 is 14.4. The fraction of sp³-hybridized carbons (Fsp3) is 0.333. The highest BCUT2D eigenvalue weighted by Gasteiger charge is 2.14. The van der Waals surface area contributed by atoms with Crippen molar-refractivity contribution in [2.75, 3.05) is 6.61 Å². The van der Waals surface area contributed by atoms with E-state index in [1.54, 1.807) is 24.4 Å². The van der Waals surface area contributed by atoms with Gasteiger partial charge in [0, 0.05) is 18.8 Å². The Morgan fingerprint density at radius 1 is 1.38 bits per heavy atom. The molecule has 0 saturated heterocycles. The van der Waals surface area contributed by atoms with Gasteiger partial charge in [0.25, 0.3) is 5.91 Å². The van der Waals surface area contributed by atoms with Crippen LogP contribution in [0.15, 0.2) is 36.5 Å². The Morgan fingerprint density at radius 3 is 2.71 bits per heavy atom. The van der Waals surface area contributed by atoms with Crippen LogP contribution in [0.4, 0.5) is 4.39 Å². The van der Waals surface area contributed by atoms with Crippen molar-refractivity contribution in [1.82, 2.24) is 15.1 Å². The summed E-state index contributed by atoms with van der Waals surface area (Å²) >= 11 is 0. The molecule has 1 atom stereocenters. The van der Waals surface area contributed by atoms with Crippen molar-refractivity contribution in [2.24, 2.45) is 0 Å². The normalized spacial score (nSPS) is 12.1. The lowest BCUT2D eigenvalue weighted by atomic mass is 10.1. The van der Waals surface area contributed by atoms with Crippen LogP contribution in [-0.2, 0) is 0 Å². The van der Waals surface area contributed by atoms with Gasteiger partial charge in [0.1, 0.15) is 5.82 Å². The van der Waals surface area contributed by atoms with E-state index >= 15 is 0 Å². The molecule has 1 amide bonds. The third-order valence-electron chi connectivity index (χ3n) is 3.22. The van der Waals surface area contributed by atoms with E-state index in [1.165, 1.54) is 16.8 Å². The summed E-state index contributed by atoms with van der Waals surface area (Å²) in [7, 11) is 0. The van der Waals surface area contributed by atoms with E-state index in [1.807, 2.05) is 6.92 Å². The minimum atomic E-state index is -0.321. The fourth-order valence-corrected chi connectivity index (χ4v) is 1.98. The first-order valence-corrected chi connectivity index (χ1v) is 6.87. The van der Waals surface area contributed by atoms with Gasteiger partial charge in [-0.2, -0.15) is 5.10 Å². The van der Waals surface area contributed by atoms with Crippen LogP contribution >= 0.6 is 0 Å². The third-order valence-corrected chi connectivity index (χ3v) is 3.22. The zero-order chi connectivity index (χ0) is 15.2. The molecule has 0 saturated carbocycles. The van der Waals surface area contributed by atoms with E-state index in [9.17, 15) is 9.18 Å². The summed E-state index contributed by atoms with van der Waals surface area (Å²) in [6, 6.07) is 7.38. The fourth-order valence-electron chi connectivity index (χ4n) is 1.98. The second-order valence-corrected chi connectivity index (χ2v) is 4.71. The number of aromatic nitrogens is 2. The smallest absolute Gasteiger partial charge is 0.272 e. The van der Waals surface area contributed by atoms with Crippen LogP contribution in [0.1, 0.15) is 30.3 Å². The standard InChI is InChI=1S/C15H18FN3O2/c1-2-12(8-10-20)17-15(21)14-7-9-19(18-14)13-5-3-11(16)4-6-13/h3-7,9,12,20H,2,8,10H2,1H3,(H,17,21). The summed E-state index contributed by atoms with van der Waals surface area (Å²) in [5.41, 5.74) is 0.966. The summed E-state index contributed by atoms with van der Waals surface area (Å²) in [5, 5.41) is 15.9. The van der Waals surface area contributed by atoms with Gasteiger partial charge in [0.2, 0.25) is 0 Å². The van der Waals surface area contributed by atoms with Gasteiger partial charge in [-0.15, -0.1) is 0 Å². The molecular weight excluding hydrogens is 273 g/mol. The van der Waals surface area contributed by atoms with E-state index < -0.39 is 0 Å². The van der Waals surface area contributed by atoms with Gasteiger partial charge >= 0.3 is 0 Å². The van der Waals surface area contributed by atoms with Crippen molar-refractivity contribution >= 4 is 5.91 Å². The van der Waals surface area contributed by atoms with Crippen molar-refractivity contribution in [2.45, 2.75) is 25.8 Å². The lowest BCUT2D eigenvalue weighted by Gasteiger charge is -2.14. The molecule has 1 heterocycles. The minimum absolute atomic E-state index is 0.0306. The molecule has 0 aliphatic heterocycles. The molecule has 2 aromatic rings. The second-order valence-electron chi connectivity index (χ2n) is 4.71. The second kappa shape index (κ2) is 6.99. The Labute approximate surface area is 122 Å². The largest absolute Gasteiger partial charge is 0.396 e. The molecule has 6 heteroatoms. The first-order valence-electron chi connectivity index (χ1n) is 6.87. The van der Waals surface area contributed by atoms with Gasteiger partial charge in [0.15, 0.2) is 5.69 Å². The zero-order valence-electron chi connectivity index (χ0n) is 11.8. The molecule has 0 spiro atoms. The molecule has 1 unspecified atom stereocenters. The number of nitrogens with zero attached hydrogens (tertiary/aromatic N) is 2. The van der Waals surface area contributed by atoms with Gasteiger partial charge in [-0.1, -0.05) is 6.92 Å². The summed E-state index contributed by atoms with van der Waals surface area (Å²) in [5.74, 6) is -0.602. The van der Waals surface area contributed by atoms with Gasteiger partial charge in [-0.25, -0.2) is 9.07 Å². The molecule has 0 radical (unpaired) electrons. The van der Waals surface area contributed by atoms with E-state index in [-0.39, 0.29) is 30.1 Å². The maximum Gasteiger partial charge on any atom is 0.272 e. The van der Waals surface area contributed by atoms with Crippen molar-refractivity contribution < 1.29 is 14.3 Å². The molecule has 21 heavy (non-hydrogen) atoms. The minimum Gasteiger partial charge on any atom is -0.396 e. The zero-order valence-corrected chi connectivity index (χ0v) is 11.8. The molecular formula is C15H18FN3O2. The van der Waals surface area contributed by atoms with E-state index in [2.05, 4.69) is 10.4 Å². The number of rotatable bonds is 6. The molecule has 5 nitrogen and oxygen atoms in total. The molecule has 0 bridgehead atoms. The Bertz CT molecular complexity index is 595. The molecule has 2 rings (SSSR count). The number of amides is 1. The lowest BCUT2D eigenvalue weighted by molar-refractivity contribution is 0.0923. The number of halogens is 1. The Kier molecular flexibility index (Phi) is 5.05. The SMILES string of the molecule is CCC(CCO)NC(=O)c1ccn(-c2ccc(F)cc2)n1. The average molecular weight is 291 g/mol. The highest BCUT2D eigenvalue weighted by atomic mass is 19.1. The van der Waals surface area contributed by atoms with Gasteiger partial charge < -0.3 is 10.4 Å². The van der Waals surface area contributed by atoms with Crippen LogP contribution in [0.2, 0.25) is 0 Å². The van der Waals surface area contributed by atoms with Crippen LogP contribution in [-0.4, -0.2) is 33.4 Å². The van der Waals surface area contributed by atoms with Crippen LogP contribution in [0.25, 0.3) is 5.69 Å². The predicted octanol–water partition coefficient (Wildman–Crippen LogP) is 1.90. The highest BCUT2D eigenvalue weighted by Crippen LogP contribution is 2.09. The third kappa shape index (κ3) is 3.88. The van der Waals surface area contributed by atoms with Crippen LogP contribution in [0.5, 0.6) is 0 Å². The van der Waals surface area contributed by atoms with Crippen molar-refractivity contribution in [3.63, 3.8) is 0 Å².